The van der Waals surface area contributed by atoms with Crippen molar-refractivity contribution >= 4 is 34.1 Å². The van der Waals surface area contributed by atoms with Gasteiger partial charge in [-0.3, -0.25) is 4.90 Å². The molecule has 7 aliphatic rings. The lowest BCUT2D eigenvalue weighted by molar-refractivity contribution is 0.316. The van der Waals surface area contributed by atoms with E-state index in [2.05, 4.69) is 125 Å². The van der Waals surface area contributed by atoms with Crippen LogP contribution in [-0.2, 0) is 11.8 Å². The summed E-state index contributed by atoms with van der Waals surface area (Å²) < 4.78 is 0. The van der Waals surface area contributed by atoms with Gasteiger partial charge in [0.15, 0.2) is 5.82 Å². The first-order valence-corrected chi connectivity index (χ1v) is 15.5. The number of aromatic nitrogens is 2. The maximum Gasteiger partial charge on any atom is 0.162 e. The molecule has 1 aliphatic carbocycles. The number of likely N-dealkylation sites (N-methyl/N-ethyl adjacent to an activating group) is 1. The first-order valence-electron chi connectivity index (χ1n) is 15.5. The number of anilines is 5. The monoisotopic (exact) mass is 572 g/mol. The third-order valence-corrected chi connectivity index (χ3v) is 11.4. The molecule has 1 aromatic heterocycles. The molecule has 0 amide bonds. The fraction of sp³-hybridized carbons (Fsp3) is 0.211. The summed E-state index contributed by atoms with van der Waals surface area (Å²) in [6, 6.07) is 27.3. The molecule has 2 bridgehead atoms. The van der Waals surface area contributed by atoms with E-state index in [0.717, 1.165) is 35.7 Å². The summed E-state index contributed by atoms with van der Waals surface area (Å²) in [5.74, 6) is 0.976. The van der Waals surface area contributed by atoms with Crippen LogP contribution in [0.25, 0.3) is 5.57 Å². The van der Waals surface area contributed by atoms with Crippen LogP contribution in [0.3, 0.4) is 0 Å². The molecule has 0 saturated heterocycles. The molecule has 7 heterocycles. The van der Waals surface area contributed by atoms with Gasteiger partial charge >= 0.3 is 0 Å². The summed E-state index contributed by atoms with van der Waals surface area (Å²) in [5, 5.41) is 0. The molecule has 4 aromatic rings. The predicted molar refractivity (Wildman–Crippen MR) is 177 cm³/mol. The number of para-hydroxylation sites is 2. The smallest absolute Gasteiger partial charge is 0.162 e. The van der Waals surface area contributed by atoms with Crippen molar-refractivity contribution in [3.63, 3.8) is 0 Å². The zero-order valence-electron chi connectivity index (χ0n) is 24.9. The first kappa shape index (κ1) is 24.4. The van der Waals surface area contributed by atoms with Crippen LogP contribution in [0.5, 0.6) is 0 Å². The number of rotatable bonds is 3. The fourth-order valence-corrected chi connectivity index (χ4v) is 9.95. The lowest BCUT2D eigenvalue weighted by Gasteiger charge is -2.48. The van der Waals surface area contributed by atoms with Crippen LogP contribution in [0, 0.1) is 5.41 Å². The molecule has 1 saturated carbocycles. The molecule has 214 valence electrons. The van der Waals surface area contributed by atoms with Crippen LogP contribution in [0.4, 0.5) is 28.6 Å². The van der Waals surface area contributed by atoms with Crippen LogP contribution in [0.15, 0.2) is 128 Å². The third kappa shape index (κ3) is 2.40. The number of allylic oxidation sites excluding steroid dienone is 2. The highest BCUT2D eigenvalue weighted by atomic mass is 15.5. The van der Waals surface area contributed by atoms with Crippen molar-refractivity contribution in [2.75, 3.05) is 26.6 Å². The summed E-state index contributed by atoms with van der Waals surface area (Å²) in [7, 11) is 2.20. The average molecular weight is 573 g/mol. The van der Waals surface area contributed by atoms with Gasteiger partial charge in [-0.2, -0.15) is 0 Å². The maximum atomic E-state index is 4.82. The molecule has 4 unspecified atom stereocenters. The van der Waals surface area contributed by atoms with E-state index in [1.807, 2.05) is 18.3 Å². The molecule has 4 atom stereocenters. The van der Waals surface area contributed by atoms with Crippen molar-refractivity contribution in [1.82, 2.24) is 9.97 Å². The maximum absolute atomic E-state index is 4.82. The molecule has 1 fully saturated rings. The van der Waals surface area contributed by atoms with E-state index in [-0.39, 0.29) is 23.2 Å². The van der Waals surface area contributed by atoms with Crippen LogP contribution >= 0.6 is 0 Å². The van der Waals surface area contributed by atoms with E-state index in [1.165, 1.54) is 39.3 Å². The summed E-state index contributed by atoms with van der Waals surface area (Å²) in [6.45, 7) is 11.1. The van der Waals surface area contributed by atoms with Crippen molar-refractivity contribution in [2.45, 2.75) is 37.5 Å². The summed E-state index contributed by atoms with van der Waals surface area (Å²) in [6.07, 6.45) is 9.70. The topological polar surface area (TPSA) is 38.7 Å². The van der Waals surface area contributed by atoms with Gasteiger partial charge < -0.3 is 14.7 Å². The second kappa shape index (κ2) is 7.88. The summed E-state index contributed by atoms with van der Waals surface area (Å²) in [4.78, 5) is 19.2. The number of hydrogen-bond donors (Lipinski definition) is 0. The van der Waals surface area contributed by atoms with Crippen LogP contribution in [0.1, 0.15) is 30.0 Å². The van der Waals surface area contributed by atoms with Crippen molar-refractivity contribution in [3.05, 3.63) is 144 Å². The van der Waals surface area contributed by atoms with Crippen molar-refractivity contribution < 1.29 is 0 Å². The van der Waals surface area contributed by atoms with Gasteiger partial charge in [-0.15, -0.1) is 0 Å². The zero-order chi connectivity index (χ0) is 29.5. The molecule has 11 rings (SSSR count). The Kier molecular flexibility index (Phi) is 4.36. The van der Waals surface area contributed by atoms with Gasteiger partial charge in [0, 0.05) is 35.0 Å². The number of benzene rings is 3. The molecular weight excluding hydrogens is 540 g/mol. The van der Waals surface area contributed by atoms with Gasteiger partial charge in [0.05, 0.1) is 28.7 Å². The van der Waals surface area contributed by atoms with Crippen molar-refractivity contribution in [1.29, 1.82) is 0 Å². The Balaban J connectivity index is 1.36. The highest BCUT2D eigenvalue weighted by molar-refractivity contribution is 6.03. The largest absolute Gasteiger partial charge is 0.346 e. The summed E-state index contributed by atoms with van der Waals surface area (Å²) in [5.41, 5.74) is 13.7. The Hall–Kier alpha value is -5.10. The van der Waals surface area contributed by atoms with E-state index in [4.69, 9.17) is 4.98 Å². The molecule has 0 N–H and O–H groups in total. The van der Waals surface area contributed by atoms with Gasteiger partial charge in [-0.1, -0.05) is 68.6 Å². The standard InChI is InChI=1S/C38H32N6/c1-5-27-28(6-2)43-30-15-11-9-13-26(30)37(7-3)33(38(37)20-23-16-18-24(19-17-23)42(27)36(38)43)32-25-12-8-10-14-29(25)44-34-31(21-39-22-40-34)41(4)35(32)44/h5-6,8-19,21-22,35-36H,1-2,7,20H2,3-4H3. The Bertz CT molecular complexity index is 2040. The van der Waals surface area contributed by atoms with Crippen molar-refractivity contribution in [2.24, 2.45) is 5.41 Å². The molecule has 0 radical (unpaired) electrons. The summed E-state index contributed by atoms with van der Waals surface area (Å²) >= 11 is 0. The van der Waals surface area contributed by atoms with Gasteiger partial charge in [-0.25, -0.2) is 9.97 Å². The van der Waals surface area contributed by atoms with Gasteiger partial charge in [-0.05, 0) is 66.0 Å². The van der Waals surface area contributed by atoms with E-state index < -0.39 is 0 Å². The number of nitrogens with zero attached hydrogens (tertiary/aromatic N) is 6. The number of hydrogen-bond acceptors (Lipinski definition) is 6. The first-order chi connectivity index (χ1) is 21.6. The van der Waals surface area contributed by atoms with Gasteiger partial charge in [0.1, 0.15) is 24.3 Å². The molecule has 3 aromatic carbocycles. The fourth-order valence-electron chi connectivity index (χ4n) is 9.95. The minimum Gasteiger partial charge on any atom is -0.346 e. The number of fused-ring (bicyclic) bond motifs is 10. The van der Waals surface area contributed by atoms with Gasteiger partial charge in [0.25, 0.3) is 0 Å². The van der Waals surface area contributed by atoms with E-state index in [9.17, 15) is 0 Å². The highest BCUT2D eigenvalue weighted by Crippen LogP contribution is 2.82. The average Bonchev–Trinajstić information content (AvgIpc) is 3.28. The Morgan fingerprint density at radius 3 is 2.36 bits per heavy atom. The minimum atomic E-state index is -0.190. The quantitative estimate of drug-likeness (QED) is 0.256. The third-order valence-electron chi connectivity index (χ3n) is 11.4. The van der Waals surface area contributed by atoms with Gasteiger partial charge in [0.2, 0.25) is 0 Å². The highest BCUT2D eigenvalue weighted by Gasteiger charge is 2.82. The molecule has 6 aliphatic heterocycles. The second-order valence-corrected chi connectivity index (χ2v) is 12.8. The normalized spacial score (nSPS) is 29.4. The molecule has 6 heteroatoms. The Morgan fingerprint density at radius 1 is 0.864 bits per heavy atom. The Morgan fingerprint density at radius 2 is 1.59 bits per heavy atom. The predicted octanol–water partition coefficient (Wildman–Crippen LogP) is 7.31. The van der Waals surface area contributed by atoms with E-state index >= 15 is 0 Å². The van der Waals surface area contributed by atoms with Crippen LogP contribution in [-0.4, -0.2) is 29.3 Å². The van der Waals surface area contributed by atoms with Crippen molar-refractivity contribution in [3.8, 4) is 0 Å². The second-order valence-electron chi connectivity index (χ2n) is 12.8. The molecule has 44 heavy (non-hydrogen) atoms. The molecular formula is C38H32N6. The van der Waals surface area contributed by atoms with Crippen LogP contribution < -0.4 is 19.6 Å². The zero-order valence-corrected chi connectivity index (χ0v) is 24.9. The van der Waals surface area contributed by atoms with Crippen LogP contribution in [0.2, 0.25) is 0 Å². The van der Waals surface area contributed by atoms with E-state index in [0.29, 0.717) is 0 Å². The SMILES string of the molecule is C=CC1=C(C=C)N2c3ccccc3C3(CC)C(=C4c5ccccc5N5c6ncncc6N(C)C45)C34Cc3ccc(cc3)N1C24. The minimum absolute atomic E-state index is 0.00467. The molecule has 6 nitrogen and oxygen atoms in total. The molecule has 1 spiro atoms. The van der Waals surface area contributed by atoms with E-state index in [1.54, 1.807) is 11.9 Å². The Labute approximate surface area is 257 Å². The lowest BCUT2D eigenvalue weighted by Crippen LogP contribution is -2.54. The lowest BCUT2D eigenvalue weighted by atomic mass is 9.74.